The first-order valence-corrected chi connectivity index (χ1v) is 6.21. The van der Waals surface area contributed by atoms with E-state index in [0.717, 1.165) is 30.4 Å². The summed E-state index contributed by atoms with van der Waals surface area (Å²) in [6.45, 7) is 4.02. The minimum Gasteiger partial charge on any atom is -0.371 e. The van der Waals surface area contributed by atoms with E-state index in [-0.39, 0.29) is 12.2 Å². The molecule has 0 bridgehead atoms. The molecule has 1 aromatic rings. The van der Waals surface area contributed by atoms with Crippen LogP contribution >= 0.6 is 23.2 Å². The third kappa shape index (κ3) is 2.31. The molecule has 1 aromatic heterocycles. The van der Waals surface area contributed by atoms with Gasteiger partial charge in [0, 0.05) is 11.1 Å². The molecule has 88 valence electrons. The number of nitrogens with zero attached hydrogens (tertiary/aromatic N) is 2. The normalized spacial score (nSPS) is 19.9. The van der Waals surface area contributed by atoms with E-state index in [1.165, 1.54) is 0 Å². The molecule has 0 amide bonds. The van der Waals surface area contributed by atoms with Crippen LogP contribution in [-0.2, 0) is 11.2 Å². The molecule has 0 spiro atoms. The molecule has 0 N–H and O–H groups in total. The third-order valence-electron chi connectivity index (χ3n) is 2.67. The van der Waals surface area contributed by atoms with Crippen molar-refractivity contribution in [3.05, 3.63) is 21.4 Å². The van der Waals surface area contributed by atoms with Crippen LogP contribution in [0.2, 0.25) is 10.3 Å². The maximum absolute atomic E-state index is 6.08. The summed E-state index contributed by atoms with van der Waals surface area (Å²) in [4.78, 5) is 0. The van der Waals surface area contributed by atoms with Gasteiger partial charge in [0.05, 0.1) is 12.2 Å². The van der Waals surface area contributed by atoms with E-state index in [4.69, 9.17) is 27.9 Å². The monoisotopic (exact) mass is 260 g/mol. The number of hydrogen-bond donors (Lipinski definition) is 0. The minimum absolute atomic E-state index is 0.00394. The Balaban J connectivity index is 2.40. The molecular formula is C11H14Cl2N2O. The molecule has 1 aliphatic rings. The van der Waals surface area contributed by atoms with E-state index in [9.17, 15) is 0 Å². The predicted octanol–water partition coefficient (Wildman–Crippen LogP) is 3.59. The first-order valence-electron chi connectivity index (χ1n) is 5.45. The van der Waals surface area contributed by atoms with Crippen LogP contribution in [0.5, 0.6) is 0 Å². The minimum atomic E-state index is 0.00394. The van der Waals surface area contributed by atoms with Crippen LogP contribution in [0.4, 0.5) is 0 Å². The molecule has 3 nitrogen and oxygen atoms in total. The summed E-state index contributed by atoms with van der Waals surface area (Å²) in [6, 6.07) is 0. The van der Waals surface area contributed by atoms with Crippen molar-refractivity contribution < 1.29 is 4.74 Å². The van der Waals surface area contributed by atoms with E-state index >= 15 is 0 Å². The standard InChI is InChI=1S/C11H14Cl2N2O/c1-6(2)16-8-5-3-4-7-9(8)11(13)15-14-10(7)12/h6,8H,3-5H2,1-2H3. The smallest absolute Gasteiger partial charge is 0.157 e. The molecule has 5 heteroatoms. The zero-order valence-electron chi connectivity index (χ0n) is 9.33. The Labute approximate surface area is 105 Å². The van der Waals surface area contributed by atoms with Gasteiger partial charge in [-0.05, 0) is 33.1 Å². The average Bonchev–Trinajstić information content (AvgIpc) is 2.23. The number of halogens is 2. The average molecular weight is 261 g/mol. The second-order valence-electron chi connectivity index (χ2n) is 4.24. The van der Waals surface area contributed by atoms with Crippen molar-refractivity contribution in [1.82, 2.24) is 10.2 Å². The van der Waals surface area contributed by atoms with Gasteiger partial charge in [0.2, 0.25) is 0 Å². The molecule has 0 radical (unpaired) electrons. The van der Waals surface area contributed by atoms with Crippen LogP contribution in [0.1, 0.15) is 43.9 Å². The van der Waals surface area contributed by atoms with Gasteiger partial charge < -0.3 is 4.74 Å². The van der Waals surface area contributed by atoms with Gasteiger partial charge in [0.25, 0.3) is 0 Å². The Kier molecular flexibility index (Phi) is 3.67. The lowest BCUT2D eigenvalue weighted by Gasteiger charge is -2.27. The number of rotatable bonds is 2. The Morgan fingerprint density at radius 2 is 1.94 bits per heavy atom. The molecule has 1 aliphatic carbocycles. The van der Waals surface area contributed by atoms with Crippen molar-refractivity contribution in [3.8, 4) is 0 Å². The highest BCUT2D eigenvalue weighted by Gasteiger charge is 2.27. The fourth-order valence-corrected chi connectivity index (χ4v) is 2.58. The van der Waals surface area contributed by atoms with Gasteiger partial charge in [-0.1, -0.05) is 23.2 Å². The highest BCUT2D eigenvalue weighted by molar-refractivity contribution is 6.32. The molecule has 1 unspecified atom stereocenters. The second kappa shape index (κ2) is 4.86. The SMILES string of the molecule is CC(C)OC1CCCc2c(Cl)nnc(Cl)c21. The largest absolute Gasteiger partial charge is 0.371 e. The van der Waals surface area contributed by atoms with Gasteiger partial charge in [-0.2, -0.15) is 0 Å². The van der Waals surface area contributed by atoms with Gasteiger partial charge in [-0.15, -0.1) is 10.2 Å². The van der Waals surface area contributed by atoms with Gasteiger partial charge in [0.15, 0.2) is 10.3 Å². The fraction of sp³-hybridized carbons (Fsp3) is 0.636. The van der Waals surface area contributed by atoms with Crippen molar-refractivity contribution in [2.24, 2.45) is 0 Å². The van der Waals surface area contributed by atoms with E-state index in [1.807, 2.05) is 13.8 Å². The molecule has 2 rings (SSSR count). The summed E-state index contributed by atoms with van der Waals surface area (Å²) in [6.07, 6.45) is 3.09. The summed E-state index contributed by atoms with van der Waals surface area (Å²) < 4.78 is 5.84. The van der Waals surface area contributed by atoms with Crippen molar-refractivity contribution in [2.45, 2.75) is 45.3 Å². The predicted molar refractivity (Wildman–Crippen MR) is 64.0 cm³/mol. The van der Waals surface area contributed by atoms with Crippen molar-refractivity contribution >= 4 is 23.2 Å². The zero-order valence-corrected chi connectivity index (χ0v) is 10.8. The van der Waals surface area contributed by atoms with E-state index < -0.39 is 0 Å². The number of hydrogen-bond acceptors (Lipinski definition) is 3. The summed E-state index contributed by atoms with van der Waals surface area (Å²) >= 11 is 12.1. The summed E-state index contributed by atoms with van der Waals surface area (Å²) in [5, 5.41) is 8.56. The molecule has 0 fully saturated rings. The highest BCUT2D eigenvalue weighted by atomic mass is 35.5. The lowest BCUT2D eigenvalue weighted by molar-refractivity contribution is -0.00319. The van der Waals surface area contributed by atoms with Crippen LogP contribution in [0, 0.1) is 0 Å². The fourth-order valence-electron chi connectivity index (χ4n) is 2.08. The third-order valence-corrected chi connectivity index (χ3v) is 3.26. The van der Waals surface area contributed by atoms with Crippen molar-refractivity contribution in [3.63, 3.8) is 0 Å². The topological polar surface area (TPSA) is 35.0 Å². The molecular weight excluding hydrogens is 247 g/mol. The van der Waals surface area contributed by atoms with Crippen molar-refractivity contribution in [1.29, 1.82) is 0 Å². The zero-order chi connectivity index (χ0) is 11.7. The Morgan fingerprint density at radius 3 is 2.62 bits per heavy atom. The number of aromatic nitrogens is 2. The van der Waals surface area contributed by atoms with Crippen LogP contribution in [0.15, 0.2) is 0 Å². The van der Waals surface area contributed by atoms with E-state index in [2.05, 4.69) is 10.2 Å². The van der Waals surface area contributed by atoms with Gasteiger partial charge in [-0.3, -0.25) is 0 Å². The molecule has 1 heterocycles. The highest BCUT2D eigenvalue weighted by Crippen LogP contribution is 2.38. The Hall–Kier alpha value is -0.380. The Morgan fingerprint density at radius 1 is 1.25 bits per heavy atom. The van der Waals surface area contributed by atoms with Crippen LogP contribution in [0.25, 0.3) is 0 Å². The van der Waals surface area contributed by atoms with Gasteiger partial charge in [0.1, 0.15) is 0 Å². The van der Waals surface area contributed by atoms with Crippen LogP contribution in [-0.4, -0.2) is 16.3 Å². The molecule has 0 saturated carbocycles. The molecule has 0 saturated heterocycles. The van der Waals surface area contributed by atoms with Gasteiger partial charge >= 0.3 is 0 Å². The molecule has 0 aromatic carbocycles. The molecule has 1 atom stereocenters. The number of ether oxygens (including phenoxy) is 1. The Bertz CT molecular complexity index is 396. The maximum atomic E-state index is 6.08. The first-order chi connectivity index (χ1) is 7.59. The quantitative estimate of drug-likeness (QED) is 0.816. The van der Waals surface area contributed by atoms with Crippen LogP contribution < -0.4 is 0 Å². The van der Waals surface area contributed by atoms with Crippen LogP contribution in [0.3, 0.4) is 0 Å². The second-order valence-corrected chi connectivity index (χ2v) is 4.96. The maximum Gasteiger partial charge on any atom is 0.157 e. The summed E-state index contributed by atoms with van der Waals surface area (Å²) in [5.74, 6) is 0. The summed E-state index contributed by atoms with van der Waals surface area (Å²) in [5.41, 5.74) is 1.93. The number of fused-ring (bicyclic) bond motifs is 1. The lowest BCUT2D eigenvalue weighted by Crippen LogP contribution is -2.18. The molecule has 0 aliphatic heterocycles. The first kappa shape index (κ1) is 12.1. The van der Waals surface area contributed by atoms with Crippen molar-refractivity contribution in [2.75, 3.05) is 0 Å². The van der Waals surface area contributed by atoms with Gasteiger partial charge in [-0.25, -0.2) is 0 Å². The molecule has 16 heavy (non-hydrogen) atoms. The summed E-state index contributed by atoms with van der Waals surface area (Å²) in [7, 11) is 0. The lowest BCUT2D eigenvalue weighted by atomic mass is 9.91. The van der Waals surface area contributed by atoms with E-state index in [1.54, 1.807) is 0 Å². The van der Waals surface area contributed by atoms with E-state index in [0.29, 0.717) is 10.3 Å².